The van der Waals surface area contributed by atoms with E-state index in [1.165, 1.54) is 17.7 Å². The van der Waals surface area contributed by atoms with Gasteiger partial charge in [0.15, 0.2) is 0 Å². The number of amides is 1. The number of hydrogen-bond donors (Lipinski definition) is 2. The normalized spacial score (nSPS) is 29.6. The van der Waals surface area contributed by atoms with Gasteiger partial charge in [0.2, 0.25) is 5.91 Å². The highest BCUT2D eigenvalue weighted by Gasteiger charge is 2.36. The average Bonchev–Trinajstić information content (AvgIpc) is 3.20. The Morgan fingerprint density at radius 1 is 1.32 bits per heavy atom. The number of nitrogens with zero attached hydrogens (tertiary/aromatic N) is 1. The fourth-order valence-corrected chi connectivity index (χ4v) is 4.47. The summed E-state index contributed by atoms with van der Waals surface area (Å²) in [6.07, 6.45) is 6.41. The Morgan fingerprint density at radius 2 is 2.14 bits per heavy atom. The average molecular weight is 322 g/mol. The van der Waals surface area contributed by atoms with Crippen LogP contribution >= 0.6 is 11.3 Å². The molecule has 2 heterocycles. The van der Waals surface area contributed by atoms with Crippen molar-refractivity contribution in [2.75, 3.05) is 13.1 Å². The molecule has 2 N–H and O–H groups in total. The van der Waals surface area contributed by atoms with Crippen LogP contribution in [0.5, 0.6) is 0 Å². The Labute approximate surface area is 136 Å². The van der Waals surface area contributed by atoms with Crippen LogP contribution in [0.15, 0.2) is 17.5 Å². The van der Waals surface area contributed by atoms with Gasteiger partial charge in [-0.1, -0.05) is 6.07 Å². The van der Waals surface area contributed by atoms with E-state index in [0.717, 1.165) is 38.8 Å². The van der Waals surface area contributed by atoms with Crippen LogP contribution in [0.1, 0.15) is 43.4 Å². The quantitative estimate of drug-likeness (QED) is 0.873. The van der Waals surface area contributed by atoms with Crippen molar-refractivity contribution in [3.05, 3.63) is 22.4 Å². The van der Waals surface area contributed by atoms with E-state index >= 15 is 0 Å². The lowest BCUT2D eigenvalue weighted by molar-refractivity contribution is -0.123. The van der Waals surface area contributed by atoms with Gasteiger partial charge in [-0.25, -0.2) is 0 Å². The van der Waals surface area contributed by atoms with Crippen LogP contribution in [0.4, 0.5) is 0 Å². The number of rotatable bonds is 5. The Kier molecular flexibility index (Phi) is 5.50. The molecule has 1 amide bonds. The Bertz CT molecular complexity index is 471. The third-order valence-corrected chi connectivity index (χ3v) is 5.89. The van der Waals surface area contributed by atoms with E-state index < -0.39 is 6.10 Å². The summed E-state index contributed by atoms with van der Waals surface area (Å²) in [5.74, 6) is 0.0690. The highest BCUT2D eigenvalue weighted by molar-refractivity contribution is 7.09. The van der Waals surface area contributed by atoms with Gasteiger partial charge in [0.1, 0.15) is 0 Å². The molecule has 4 nitrogen and oxygen atoms in total. The maximum Gasteiger partial charge on any atom is 0.220 e. The van der Waals surface area contributed by atoms with Crippen LogP contribution in [0.2, 0.25) is 0 Å². The largest absolute Gasteiger partial charge is 0.389 e. The summed E-state index contributed by atoms with van der Waals surface area (Å²) >= 11 is 1.69. The molecule has 5 heteroatoms. The molecule has 3 atom stereocenters. The molecule has 0 spiro atoms. The molecule has 122 valence electrons. The zero-order chi connectivity index (χ0) is 15.4. The van der Waals surface area contributed by atoms with Gasteiger partial charge in [-0.05, 0) is 63.1 Å². The van der Waals surface area contributed by atoms with Crippen molar-refractivity contribution in [3.8, 4) is 0 Å². The zero-order valence-electron chi connectivity index (χ0n) is 13.0. The van der Waals surface area contributed by atoms with Gasteiger partial charge in [0.25, 0.3) is 0 Å². The number of nitrogens with one attached hydrogen (secondary N) is 1. The minimum Gasteiger partial charge on any atom is -0.389 e. The number of likely N-dealkylation sites (tertiary alicyclic amines) is 1. The number of hydrogen-bond acceptors (Lipinski definition) is 4. The van der Waals surface area contributed by atoms with Gasteiger partial charge in [-0.15, -0.1) is 11.3 Å². The molecule has 1 aliphatic carbocycles. The van der Waals surface area contributed by atoms with E-state index in [9.17, 15) is 9.90 Å². The van der Waals surface area contributed by atoms with Gasteiger partial charge in [0.05, 0.1) is 12.1 Å². The van der Waals surface area contributed by atoms with Crippen molar-refractivity contribution < 1.29 is 9.90 Å². The number of carbonyl (C=O) groups is 1. The lowest BCUT2D eigenvalue weighted by Crippen LogP contribution is -2.56. The summed E-state index contributed by atoms with van der Waals surface area (Å²) in [5.41, 5.74) is 0. The van der Waals surface area contributed by atoms with Gasteiger partial charge < -0.3 is 10.4 Å². The van der Waals surface area contributed by atoms with Crippen LogP contribution in [0.25, 0.3) is 0 Å². The third-order valence-electron chi connectivity index (χ3n) is 4.96. The van der Waals surface area contributed by atoms with E-state index in [4.69, 9.17) is 0 Å². The lowest BCUT2D eigenvalue weighted by Gasteiger charge is -2.40. The summed E-state index contributed by atoms with van der Waals surface area (Å²) in [6.45, 7) is 2.20. The molecule has 0 radical (unpaired) electrons. The molecule has 1 aromatic rings. The highest BCUT2D eigenvalue weighted by Crippen LogP contribution is 2.26. The lowest BCUT2D eigenvalue weighted by atomic mass is 9.87. The number of aryl methyl sites for hydroxylation is 1. The second-order valence-electron chi connectivity index (χ2n) is 6.49. The molecule has 2 aliphatic rings. The first kappa shape index (κ1) is 16.0. The van der Waals surface area contributed by atoms with Crippen molar-refractivity contribution in [2.24, 2.45) is 0 Å². The van der Waals surface area contributed by atoms with Crippen molar-refractivity contribution >= 4 is 17.2 Å². The summed E-state index contributed by atoms with van der Waals surface area (Å²) in [5, 5.41) is 15.7. The van der Waals surface area contributed by atoms with E-state index in [1.54, 1.807) is 11.3 Å². The van der Waals surface area contributed by atoms with E-state index in [2.05, 4.69) is 16.3 Å². The zero-order valence-corrected chi connectivity index (χ0v) is 13.9. The fraction of sp³-hybridized carbons (Fsp3) is 0.706. The predicted molar refractivity (Wildman–Crippen MR) is 89.0 cm³/mol. The van der Waals surface area contributed by atoms with Crippen LogP contribution in [0, 0.1) is 0 Å². The summed E-state index contributed by atoms with van der Waals surface area (Å²) in [4.78, 5) is 15.8. The van der Waals surface area contributed by atoms with Crippen LogP contribution in [0.3, 0.4) is 0 Å². The molecule has 22 heavy (non-hydrogen) atoms. The molecular formula is C17H26N2O2S. The summed E-state index contributed by atoms with van der Waals surface area (Å²) in [7, 11) is 0. The molecular weight excluding hydrogens is 296 g/mol. The van der Waals surface area contributed by atoms with Gasteiger partial charge in [0, 0.05) is 17.3 Å². The smallest absolute Gasteiger partial charge is 0.220 e. The van der Waals surface area contributed by atoms with Crippen molar-refractivity contribution in [3.63, 3.8) is 0 Å². The topological polar surface area (TPSA) is 52.6 Å². The molecule has 0 bridgehead atoms. The van der Waals surface area contributed by atoms with Gasteiger partial charge in [-0.3, -0.25) is 9.69 Å². The standard InChI is InChI=1S/C17H26N2O2S/c20-16(9-8-13-5-4-12-22-13)18-14-6-3-7-15(17(14)21)19-10-1-2-11-19/h4-5,12,14-15,17,21H,1-3,6-11H2,(H,18,20)/t14-,15-,17-/m1/s1. The monoisotopic (exact) mass is 322 g/mol. The number of aliphatic hydroxyl groups excluding tert-OH is 1. The first-order chi connectivity index (χ1) is 10.7. The van der Waals surface area contributed by atoms with Crippen LogP contribution < -0.4 is 5.32 Å². The Morgan fingerprint density at radius 3 is 2.86 bits per heavy atom. The second kappa shape index (κ2) is 7.57. The first-order valence-corrected chi connectivity index (χ1v) is 9.36. The summed E-state index contributed by atoms with van der Waals surface area (Å²) in [6, 6.07) is 4.24. The number of thiophene rings is 1. The maximum atomic E-state index is 12.1. The van der Waals surface area contributed by atoms with E-state index in [0.29, 0.717) is 6.42 Å². The third kappa shape index (κ3) is 3.89. The number of carbonyl (C=O) groups excluding carboxylic acids is 1. The molecule has 1 saturated heterocycles. The van der Waals surface area contributed by atoms with Gasteiger partial charge >= 0.3 is 0 Å². The van der Waals surface area contributed by atoms with E-state index in [1.807, 2.05) is 11.4 Å². The van der Waals surface area contributed by atoms with E-state index in [-0.39, 0.29) is 18.0 Å². The van der Waals surface area contributed by atoms with Crippen molar-refractivity contribution in [1.82, 2.24) is 10.2 Å². The molecule has 1 aliphatic heterocycles. The molecule has 1 aromatic heterocycles. The van der Waals surface area contributed by atoms with Crippen LogP contribution in [-0.4, -0.2) is 47.2 Å². The van der Waals surface area contributed by atoms with Crippen LogP contribution in [-0.2, 0) is 11.2 Å². The minimum absolute atomic E-state index is 0.0690. The maximum absolute atomic E-state index is 12.1. The number of aliphatic hydroxyl groups is 1. The second-order valence-corrected chi connectivity index (χ2v) is 7.52. The van der Waals surface area contributed by atoms with Crippen molar-refractivity contribution in [1.29, 1.82) is 0 Å². The molecule has 2 fully saturated rings. The summed E-state index contributed by atoms with van der Waals surface area (Å²) < 4.78 is 0. The first-order valence-electron chi connectivity index (χ1n) is 8.48. The van der Waals surface area contributed by atoms with Crippen molar-refractivity contribution in [2.45, 2.75) is 63.1 Å². The Balaban J connectivity index is 1.49. The molecule has 0 unspecified atom stereocenters. The highest BCUT2D eigenvalue weighted by atomic mass is 32.1. The molecule has 1 saturated carbocycles. The predicted octanol–water partition coefficient (Wildman–Crippen LogP) is 2.17. The Hall–Kier alpha value is -0.910. The SMILES string of the molecule is O=C(CCc1cccs1)N[C@@H]1CCC[C@@H](N2CCCC2)[C@@H]1O. The minimum atomic E-state index is -0.419. The molecule has 0 aromatic carbocycles. The molecule has 3 rings (SSSR count). The van der Waals surface area contributed by atoms with Gasteiger partial charge in [-0.2, -0.15) is 0 Å². The fourth-order valence-electron chi connectivity index (χ4n) is 3.76.